The van der Waals surface area contributed by atoms with Gasteiger partial charge in [-0.25, -0.2) is 0 Å². The molecule has 1 N–H and O–H groups in total. The molecule has 0 unspecified atom stereocenters. The highest BCUT2D eigenvalue weighted by Gasteiger charge is 2.33. The number of hydrogen-bond donors (Lipinski definition) is 1. The van der Waals surface area contributed by atoms with Crippen LogP contribution in [0.5, 0.6) is 5.75 Å². The fourth-order valence-electron chi connectivity index (χ4n) is 3.37. The number of nitrogens with zero attached hydrogens (tertiary/aromatic N) is 1. The fourth-order valence-corrected chi connectivity index (χ4v) is 3.37. The highest BCUT2D eigenvalue weighted by Crippen LogP contribution is 2.42. The van der Waals surface area contributed by atoms with Crippen molar-refractivity contribution in [2.24, 2.45) is 5.92 Å². The molecule has 1 atom stereocenters. The Morgan fingerprint density at radius 2 is 1.91 bits per heavy atom. The number of piperazine rings is 1. The van der Waals surface area contributed by atoms with Crippen LogP contribution in [-0.4, -0.2) is 37.7 Å². The second-order valence-corrected chi connectivity index (χ2v) is 5.87. The minimum absolute atomic E-state index is 0. The highest BCUT2D eigenvalue weighted by molar-refractivity contribution is 5.85. The van der Waals surface area contributed by atoms with Crippen LogP contribution in [0, 0.1) is 5.92 Å². The first-order valence-corrected chi connectivity index (χ1v) is 7.73. The van der Waals surface area contributed by atoms with Crippen molar-refractivity contribution in [2.45, 2.75) is 31.9 Å². The molecule has 3 rings (SSSR count). The maximum Gasteiger partial charge on any atom is 0.387 e. The van der Waals surface area contributed by atoms with E-state index in [-0.39, 0.29) is 18.2 Å². The molecular formula is C16H23ClF2N2O. The van der Waals surface area contributed by atoms with Crippen molar-refractivity contribution in [2.75, 3.05) is 26.2 Å². The molecule has 1 aromatic rings. The van der Waals surface area contributed by atoms with E-state index in [4.69, 9.17) is 0 Å². The van der Waals surface area contributed by atoms with Crippen LogP contribution in [0.1, 0.15) is 30.9 Å². The third-order valence-electron chi connectivity index (χ3n) is 4.57. The average Bonchev–Trinajstić information content (AvgIpc) is 2.43. The summed E-state index contributed by atoms with van der Waals surface area (Å²) in [5.41, 5.74) is 1.11. The van der Waals surface area contributed by atoms with E-state index in [2.05, 4.69) is 15.0 Å². The standard InChI is InChI=1S/C16H22F2N2O.ClH/c17-16(18)21-14-6-2-5-13(11-14)15(12-3-1-4-12)20-9-7-19-8-10-20;/h2,5-6,11-12,15-16,19H,1,3-4,7-10H2;1H/t15-;/m0./s1. The summed E-state index contributed by atoms with van der Waals surface area (Å²) in [7, 11) is 0. The Bertz CT molecular complexity index is 465. The van der Waals surface area contributed by atoms with Gasteiger partial charge in [0.1, 0.15) is 5.75 Å². The molecule has 0 amide bonds. The molecule has 1 aliphatic heterocycles. The molecule has 0 spiro atoms. The molecule has 1 saturated heterocycles. The van der Waals surface area contributed by atoms with Gasteiger partial charge in [-0.15, -0.1) is 12.4 Å². The second-order valence-electron chi connectivity index (χ2n) is 5.87. The third kappa shape index (κ3) is 4.09. The van der Waals surface area contributed by atoms with E-state index < -0.39 is 6.61 Å². The molecule has 1 heterocycles. The normalized spacial score (nSPS) is 21.0. The summed E-state index contributed by atoms with van der Waals surface area (Å²) in [6.45, 7) is 1.26. The number of nitrogens with one attached hydrogen (secondary N) is 1. The van der Waals surface area contributed by atoms with Gasteiger partial charge >= 0.3 is 6.61 Å². The summed E-state index contributed by atoms with van der Waals surface area (Å²) < 4.78 is 29.4. The molecule has 1 aromatic carbocycles. The Kier molecular flexibility index (Phi) is 6.41. The number of hydrogen-bond acceptors (Lipinski definition) is 3. The predicted octanol–water partition coefficient (Wildman–Crippen LogP) is 3.46. The quantitative estimate of drug-likeness (QED) is 0.893. The predicted molar refractivity (Wildman–Crippen MR) is 84.8 cm³/mol. The van der Waals surface area contributed by atoms with Crippen molar-refractivity contribution >= 4 is 12.4 Å². The molecule has 0 bridgehead atoms. The van der Waals surface area contributed by atoms with Crippen molar-refractivity contribution < 1.29 is 13.5 Å². The minimum Gasteiger partial charge on any atom is -0.435 e. The lowest BCUT2D eigenvalue weighted by Crippen LogP contribution is -2.47. The van der Waals surface area contributed by atoms with Crippen LogP contribution in [-0.2, 0) is 0 Å². The molecule has 22 heavy (non-hydrogen) atoms. The van der Waals surface area contributed by atoms with Crippen LogP contribution in [0.4, 0.5) is 8.78 Å². The van der Waals surface area contributed by atoms with E-state index in [1.807, 2.05) is 12.1 Å². The summed E-state index contributed by atoms with van der Waals surface area (Å²) in [5.74, 6) is 0.909. The zero-order valence-electron chi connectivity index (χ0n) is 12.5. The maximum absolute atomic E-state index is 12.4. The summed E-state index contributed by atoms with van der Waals surface area (Å²) in [4.78, 5) is 2.49. The molecule has 2 aliphatic rings. The molecule has 124 valence electrons. The Balaban J connectivity index is 0.00000176. The van der Waals surface area contributed by atoms with E-state index in [9.17, 15) is 8.78 Å². The van der Waals surface area contributed by atoms with Gasteiger partial charge < -0.3 is 10.1 Å². The first kappa shape index (κ1) is 17.4. The Morgan fingerprint density at radius 1 is 1.18 bits per heavy atom. The number of benzene rings is 1. The maximum atomic E-state index is 12.4. The van der Waals surface area contributed by atoms with E-state index in [1.54, 1.807) is 12.1 Å². The van der Waals surface area contributed by atoms with Gasteiger partial charge in [0.15, 0.2) is 0 Å². The van der Waals surface area contributed by atoms with E-state index in [1.165, 1.54) is 19.3 Å². The molecule has 6 heteroatoms. The molecule has 0 radical (unpaired) electrons. The van der Waals surface area contributed by atoms with Crippen LogP contribution in [0.3, 0.4) is 0 Å². The fraction of sp³-hybridized carbons (Fsp3) is 0.625. The summed E-state index contributed by atoms with van der Waals surface area (Å²) in [5, 5.41) is 3.37. The van der Waals surface area contributed by atoms with Gasteiger partial charge in [0, 0.05) is 32.2 Å². The highest BCUT2D eigenvalue weighted by atomic mass is 35.5. The topological polar surface area (TPSA) is 24.5 Å². The van der Waals surface area contributed by atoms with Gasteiger partial charge in [0.05, 0.1) is 0 Å². The van der Waals surface area contributed by atoms with Gasteiger partial charge in [-0.2, -0.15) is 8.78 Å². The van der Waals surface area contributed by atoms with Crippen molar-refractivity contribution in [1.82, 2.24) is 10.2 Å². The van der Waals surface area contributed by atoms with Gasteiger partial charge in [-0.1, -0.05) is 18.6 Å². The van der Waals surface area contributed by atoms with Gasteiger partial charge in [0.2, 0.25) is 0 Å². The zero-order chi connectivity index (χ0) is 14.7. The van der Waals surface area contributed by atoms with Crippen molar-refractivity contribution in [3.8, 4) is 5.75 Å². The van der Waals surface area contributed by atoms with E-state index in [0.717, 1.165) is 31.7 Å². The Morgan fingerprint density at radius 3 is 2.50 bits per heavy atom. The number of halogens is 3. The first-order valence-electron chi connectivity index (χ1n) is 7.73. The lowest BCUT2D eigenvalue weighted by molar-refractivity contribution is -0.0500. The van der Waals surface area contributed by atoms with Crippen molar-refractivity contribution in [1.29, 1.82) is 0 Å². The lowest BCUT2D eigenvalue weighted by Gasteiger charge is -2.43. The molecule has 0 aromatic heterocycles. The van der Waals surface area contributed by atoms with Gasteiger partial charge in [0.25, 0.3) is 0 Å². The van der Waals surface area contributed by atoms with Crippen LogP contribution in [0.25, 0.3) is 0 Å². The van der Waals surface area contributed by atoms with Crippen molar-refractivity contribution in [3.05, 3.63) is 29.8 Å². The monoisotopic (exact) mass is 332 g/mol. The SMILES string of the molecule is Cl.FC(F)Oc1cccc([C@H](C2CCC2)N2CCNCC2)c1. The zero-order valence-corrected chi connectivity index (χ0v) is 13.3. The smallest absolute Gasteiger partial charge is 0.387 e. The second kappa shape index (κ2) is 8.09. The molecule has 1 aliphatic carbocycles. The number of rotatable bonds is 5. The van der Waals surface area contributed by atoms with Crippen LogP contribution in [0.2, 0.25) is 0 Å². The molecule has 2 fully saturated rings. The Hall–Kier alpha value is -0.910. The molecule has 1 saturated carbocycles. The average molecular weight is 333 g/mol. The lowest BCUT2D eigenvalue weighted by atomic mass is 9.76. The minimum atomic E-state index is -2.76. The van der Waals surface area contributed by atoms with Crippen molar-refractivity contribution in [3.63, 3.8) is 0 Å². The van der Waals surface area contributed by atoms with Crippen LogP contribution in [0.15, 0.2) is 24.3 Å². The first-order chi connectivity index (χ1) is 10.2. The van der Waals surface area contributed by atoms with Gasteiger partial charge in [-0.3, -0.25) is 4.90 Å². The van der Waals surface area contributed by atoms with Crippen LogP contribution >= 0.6 is 12.4 Å². The Labute approximate surface area is 136 Å². The third-order valence-corrected chi connectivity index (χ3v) is 4.57. The summed E-state index contributed by atoms with van der Waals surface area (Å²) in [6.07, 6.45) is 3.74. The van der Waals surface area contributed by atoms with E-state index >= 15 is 0 Å². The van der Waals surface area contributed by atoms with Crippen LogP contribution < -0.4 is 10.1 Å². The van der Waals surface area contributed by atoms with E-state index in [0.29, 0.717) is 12.0 Å². The summed E-state index contributed by atoms with van der Waals surface area (Å²) in [6, 6.07) is 7.59. The number of alkyl halides is 2. The summed E-state index contributed by atoms with van der Waals surface area (Å²) >= 11 is 0. The molecular weight excluding hydrogens is 310 g/mol. The number of ether oxygens (including phenoxy) is 1. The van der Waals surface area contributed by atoms with Gasteiger partial charge in [-0.05, 0) is 36.5 Å². The molecule has 3 nitrogen and oxygen atoms in total. The largest absolute Gasteiger partial charge is 0.435 e.